The third-order valence-electron chi connectivity index (χ3n) is 6.34. The Labute approximate surface area is 162 Å². The van der Waals surface area contributed by atoms with Gasteiger partial charge >= 0.3 is 6.09 Å². The first-order chi connectivity index (χ1) is 12.6. The lowest BCUT2D eigenvalue weighted by Gasteiger charge is -2.48. The average molecular weight is 421 g/mol. The van der Waals surface area contributed by atoms with Gasteiger partial charge in [0.2, 0.25) is 5.91 Å². The summed E-state index contributed by atoms with van der Waals surface area (Å²) in [4.78, 5) is 26.9. The van der Waals surface area contributed by atoms with Crippen LogP contribution in [0.4, 0.5) is 10.5 Å². The standard InChI is InChI=1S/C20H25BrN2O3/c21-15-5-7-16(8-6-15)22-19(25)26-17-9-11-20-10-2-12-23(20)18(24)4-1-3-14(20)13-17/h5-8,14,17H,1-4,9-13H2,(H,22,25)/t14-,17+,20+/m0/s1. The largest absolute Gasteiger partial charge is 0.446 e. The number of anilines is 1. The van der Waals surface area contributed by atoms with Gasteiger partial charge in [0.15, 0.2) is 0 Å². The zero-order chi connectivity index (χ0) is 18.1. The first kappa shape index (κ1) is 17.8. The number of benzene rings is 1. The smallest absolute Gasteiger partial charge is 0.411 e. The summed E-state index contributed by atoms with van der Waals surface area (Å²) < 4.78 is 6.69. The van der Waals surface area contributed by atoms with E-state index >= 15 is 0 Å². The second-order valence-electron chi connectivity index (χ2n) is 7.78. The second kappa shape index (κ2) is 7.22. The predicted octanol–water partition coefficient (Wildman–Crippen LogP) is 4.71. The van der Waals surface area contributed by atoms with Crippen LogP contribution in [0.1, 0.15) is 51.4 Å². The fourth-order valence-electron chi connectivity index (χ4n) is 5.19. The molecule has 3 atom stereocenters. The van der Waals surface area contributed by atoms with E-state index in [2.05, 4.69) is 26.1 Å². The van der Waals surface area contributed by atoms with E-state index in [1.165, 1.54) is 0 Å². The summed E-state index contributed by atoms with van der Waals surface area (Å²) in [5.74, 6) is 0.785. The molecular weight excluding hydrogens is 396 g/mol. The van der Waals surface area contributed by atoms with Crippen molar-refractivity contribution in [3.63, 3.8) is 0 Å². The van der Waals surface area contributed by atoms with Gasteiger partial charge in [0, 0.05) is 28.7 Å². The highest BCUT2D eigenvalue weighted by Crippen LogP contribution is 2.49. The third-order valence-corrected chi connectivity index (χ3v) is 6.87. The molecule has 2 heterocycles. The Balaban J connectivity index is 1.39. The van der Waals surface area contributed by atoms with Crippen molar-refractivity contribution in [3.8, 4) is 0 Å². The molecule has 1 aliphatic carbocycles. The summed E-state index contributed by atoms with van der Waals surface area (Å²) in [5.41, 5.74) is 0.767. The number of carbonyl (C=O) groups is 2. The van der Waals surface area contributed by atoms with E-state index in [1.54, 1.807) is 0 Å². The van der Waals surface area contributed by atoms with E-state index in [0.29, 0.717) is 18.2 Å². The summed E-state index contributed by atoms with van der Waals surface area (Å²) in [6.07, 6.45) is 7.15. The molecule has 2 amide bonds. The fourth-order valence-corrected chi connectivity index (χ4v) is 5.45. The van der Waals surface area contributed by atoms with Crippen LogP contribution in [0.3, 0.4) is 0 Å². The minimum atomic E-state index is -0.388. The molecule has 1 aromatic carbocycles. The molecular formula is C20H25BrN2O3. The lowest BCUT2D eigenvalue weighted by atomic mass is 9.69. The van der Waals surface area contributed by atoms with E-state index in [9.17, 15) is 9.59 Å². The highest BCUT2D eigenvalue weighted by atomic mass is 79.9. The molecule has 6 heteroatoms. The van der Waals surface area contributed by atoms with Crippen molar-refractivity contribution in [1.29, 1.82) is 0 Å². The Bertz CT molecular complexity index is 693. The van der Waals surface area contributed by atoms with Crippen LogP contribution in [0.25, 0.3) is 0 Å². The number of hydrogen-bond acceptors (Lipinski definition) is 3. The monoisotopic (exact) mass is 420 g/mol. The van der Waals surface area contributed by atoms with Crippen LogP contribution >= 0.6 is 15.9 Å². The summed E-state index contributed by atoms with van der Waals surface area (Å²) in [6.45, 7) is 0.908. The van der Waals surface area contributed by atoms with E-state index in [0.717, 1.165) is 61.7 Å². The lowest BCUT2D eigenvalue weighted by molar-refractivity contribution is -0.138. The zero-order valence-electron chi connectivity index (χ0n) is 14.9. The molecule has 5 nitrogen and oxygen atoms in total. The van der Waals surface area contributed by atoms with Crippen LogP contribution in [0, 0.1) is 5.92 Å². The van der Waals surface area contributed by atoms with Crippen LogP contribution < -0.4 is 5.32 Å². The molecule has 0 aromatic heterocycles. The molecule has 1 aromatic rings. The summed E-state index contributed by atoms with van der Waals surface area (Å²) in [5, 5.41) is 2.81. The van der Waals surface area contributed by atoms with Crippen molar-refractivity contribution in [3.05, 3.63) is 28.7 Å². The minimum absolute atomic E-state index is 0.0373. The van der Waals surface area contributed by atoms with E-state index < -0.39 is 0 Å². The maximum atomic E-state index is 12.5. The normalized spacial score (nSPS) is 31.0. The molecule has 0 bridgehead atoms. The molecule has 1 spiro atoms. The van der Waals surface area contributed by atoms with Gasteiger partial charge in [-0.25, -0.2) is 4.79 Å². The highest BCUT2D eigenvalue weighted by molar-refractivity contribution is 9.10. The molecule has 1 saturated carbocycles. The van der Waals surface area contributed by atoms with E-state index in [4.69, 9.17) is 4.74 Å². The Morgan fingerprint density at radius 2 is 2.00 bits per heavy atom. The van der Waals surface area contributed by atoms with Gasteiger partial charge in [0.1, 0.15) is 6.10 Å². The average Bonchev–Trinajstić information content (AvgIpc) is 2.99. The lowest BCUT2D eigenvalue weighted by Crippen LogP contribution is -2.54. The van der Waals surface area contributed by atoms with Crippen LogP contribution in [0.5, 0.6) is 0 Å². The molecule has 2 aliphatic heterocycles. The zero-order valence-corrected chi connectivity index (χ0v) is 16.5. The molecule has 26 heavy (non-hydrogen) atoms. The first-order valence-corrected chi connectivity index (χ1v) is 10.4. The first-order valence-electron chi connectivity index (χ1n) is 9.60. The quantitative estimate of drug-likeness (QED) is 0.753. The topological polar surface area (TPSA) is 58.6 Å². The van der Waals surface area contributed by atoms with Crippen molar-refractivity contribution < 1.29 is 14.3 Å². The van der Waals surface area contributed by atoms with E-state index in [-0.39, 0.29) is 17.7 Å². The molecule has 0 unspecified atom stereocenters. The van der Waals surface area contributed by atoms with Crippen molar-refractivity contribution >= 4 is 33.6 Å². The Kier molecular flexibility index (Phi) is 4.95. The maximum absolute atomic E-state index is 12.5. The van der Waals surface area contributed by atoms with Gasteiger partial charge in [0.05, 0.1) is 0 Å². The van der Waals surface area contributed by atoms with Gasteiger partial charge < -0.3 is 9.64 Å². The van der Waals surface area contributed by atoms with Gasteiger partial charge in [-0.1, -0.05) is 15.9 Å². The van der Waals surface area contributed by atoms with Gasteiger partial charge in [-0.15, -0.1) is 0 Å². The maximum Gasteiger partial charge on any atom is 0.411 e. The number of rotatable bonds is 2. The molecule has 0 radical (unpaired) electrons. The highest BCUT2D eigenvalue weighted by Gasteiger charge is 2.52. The van der Waals surface area contributed by atoms with Crippen molar-refractivity contribution in [2.45, 2.75) is 63.0 Å². The number of halogens is 1. The molecule has 3 aliphatic rings. The van der Waals surface area contributed by atoms with Gasteiger partial charge in [0.25, 0.3) is 0 Å². The fraction of sp³-hybridized carbons (Fsp3) is 0.600. The number of hydrogen-bond donors (Lipinski definition) is 1. The van der Waals surface area contributed by atoms with Gasteiger partial charge in [-0.05, 0) is 75.1 Å². The predicted molar refractivity (Wildman–Crippen MR) is 103 cm³/mol. The molecule has 4 rings (SSSR count). The number of nitrogens with one attached hydrogen (secondary N) is 1. The van der Waals surface area contributed by atoms with Crippen molar-refractivity contribution in [1.82, 2.24) is 4.90 Å². The Morgan fingerprint density at radius 1 is 1.19 bits per heavy atom. The van der Waals surface area contributed by atoms with Crippen LogP contribution in [0.2, 0.25) is 0 Å². The number of ether oxygens (including phenoxy) is 1. The van der Waals surface area contributed by atoms with Crippen LogP contribution in [-0.2, 0) is 9.53 Å². The molecule has 2 saturated heterocycles. The Hall–Kier alpha value is -1.56. The number of carbonyl (C=O) groups excluding carboxylic acids is 2. The van der Waals surface area contributed by atoms with Crippen molar-refractivity contribution in [2.75, 3.05) is 11.9 Å². The van der Waals surface area contributed by atoms with Crippen LogP contribution in [0.15, 0.2) is 28.7 Å². The summed E-state index contributed by atoms with van der Waals surface area (Å²) in [6, 6.07) is 7.46. The minimum Gasteiger partial charge on any atom is -0.446 e. The molecule has 140 valence electrons. The van der Waals surface area contributed by atoms with Gasteiger partial charge in [-0.3, -0.25) is 10.1 Å². The summed E-state index contributed by atoms with van der Waals surface area (Å²) in [7, 11) is 0. The molecule has 3 fully saturated rings. The van der Waals surface area contributed by atoms with E-state index in [1.807, 2.05) is 24.3 Å². The second-order valence-corrected chi connectivity index (χ2v) is 8.69. The number of nitrogens with zero attached hydrogens (tertiary/aromatic N) is 1. The third kappa shape index (κ3) is 3.36. The number of amides is 2. The van der Waals surface area contributed by atoms with Crippen LogP contribution in [-0.4, -0.2) is 35.1 Å². The van der Waals surface area contributed by atoms with Crippen molar-refractivity contribution in [2.24, 2.45) is 5.92 Å². The van der Waals surface area contributed by atoms with Gasteiger partial charge in [-0.2, -0.15) is 0 Å². The SMILES string of the molecule is O=C(Nc1ccc(Br)cc1)O[C@@H]1CC[C@@]23CCCN2C(=O)CCC[C@H]3C1. The molecule has 1 N–H and O–H groups in total. The Morgan fingerprint density at radius 3 is 2.81 bits per heavy atom. The summed E-state index contributed by atoms with van der Waals surface area (Å²) >= 11 is 3.38.